The van der Waals surface area contributed by atoms with Crippen LogP contribution in [0.4, 0.5) is 0 Å². The van der Waals surface area contributed by atoms with Gasteiger partial charge in [0.2, 0.25) is 0 Å². The van der Waals surface area contributed by atoms with E-state index in [4.69, 9.17) is 4.74 Å². The Morgan fingerprint density at radius 2 is 1.91 bits per heavy atom. The summed E-state index contributed by atoms with van der Waals surface area (Å²) in [5.41, 5.74) is 2.87. The smallest absolute Gasteiger partial charge is 0.168 e. The summed E-state index contributed by atoms with van der Waals surface area (Å²) in [4.78, 5) is 25.0. The van der Waals surface area contributed by atoms with E-state index in [0.29, 0.717) is 23.5 Å². The molecule has 126 valence electrons. The highest BCUT2D eigenvalue weighted by atomic mass is 16.5. The van der Waals surface area contributed by atoms with Gasteiger partial charge in [0, 0.05) is 31.3 Å². The van der Waals surface area contributed by atoms with E-state index in [1.165, 1.54) is 17.6 Å². The lowest BCUT2D eigenvalue weighted by Crippen LogP contribution is -2.47. The van der Waals surface area contributed by atoms with Crippen LogP contribution >= 0.6 is 0 Å². The minimum atomic E-state index is -0.234. The zero-order chi connectivity index (χ0) is 16.4. The lowest BCUT2D eigenvalue weighted by Gasteiger charge is -2.51. The molecule has 0 heterocycles. The van der Waals surface area contributed by atoms with Crippen LogP contribution in [0.2, 0.25) is 0 Å². The maximum atomic E-state index is 12.6. The number of hydrogen-bond acceptors (Lipinski definition) is 3. The molecule has 0 radical (unpaired) electrons. The molecule has 0 aromatic rings. The quantitative estimate of drug-likeness (QED) is 0.693. The van der Waals surface area contributed by atoms with E-state index in [0.717, 1.165) is 38.5 Å². The molecule has 2 saturated carbocycles. The van der Waals surface area contributed by atoms with Crippen molar-refractivity contribution >= 4 is 11.6 Å². The fraction of sp³-hybridized carbons (Fsp3) is 0.800. The molecular weight excluding hydrogens is 288 g/mol. The average molecular weight is 316 g/mol. The first kappa shape index (κ1) is 15.6. The van der Waals surface area contributed by atoms with Crippen molar-refractivity contribution in [1.29, 1.82) is 0 Å². The van der Waals surface area contributed by atoms with Crippen molar-refractivity contribution in [2.75, 3.05) is 7.11 Å². The molecule has 0 aromatic carbocycles. The average Bonchev–Trinajstić information content (AvgIpc) is 2.85. The second-order valence-corrected chi connectivity index (χ2v) is 8.44. The first-order valence-electron chi connectivity index (χ1n) is 9.29. The number of Topliss-reactive ketones (excluding diaryl/α,β-unsaturated/α-hetero) is 2. The van der Waals surface area contributed by atoms with Gasteiger partial charge >= 0.3 is 0 Å². The summed E-state index contributed by atoms with van der Waals surface area (Å²) in [7, 11) is 1.66. The van der Waals surface area contributed by atoms with Gasteiger partial charge in [-0.15, -0.1) is 0 Å². The van der Waals surface area contributed by atoms with Gasteiger partial charge in [0.05, 0.1) is 0 Å². The molecule has 4 aliphatic carbocycles. The predicted molar refractivity (Wildman–Crippen MR) is 87.9 cm³/mol. The lowest BCUT2D eigenvalue weighted by molar-refractivity contribution is -0.134. The highest BCUT2D eigenvalue weighted by Crippen LogP contribution is 2.60. The van der Waals surface area contributed by atoms with Crippen LogP contribution in [-0.2, 0) is 14.3 Å². The van der Waals surface area contributed by atoms with E-state index in [1.54, 1.807) is 7.11 Å². The number of ketones is 2. The Morgan fingerprint density at radius 3 is 2.65 bits per heavy atom. The topological polar surface area (TPSA) is 43.4 Å². The molecule has 0 aliphatic heterocycles. The number of rotatable bonds is 1. The van der Waals surface area contributed by atoms with E-state index >= 15 is 0 Å². The maximum absolute atomic E-state index is 12.6. The summed E-state index contributed by atoms with van der Waals surface area (Å²) in [6.45, 7) is 4.29. The zero-order valence-electron chi connectivity index (χ0n) is 14.6. The number of allylic oxidation sites excluding steroid dienone is 1. The fourth-order valence-corrected chi connectivity index (χ4v) is 6.40. The van der Waals surface area contributed by atoms with Crippen molar-refractivity contribution in [3.05, 3.63) is 11.1 Å². The Labute approximate surface area is 138 Å². The molecule has 4 rings (SSSR count). The molecule has 6 atom stereocenters. The van der Waals surface area contributed by atoms with Crippen LogP contribution in [0.3, 0.4) is 0 Å². The summed E-state index contributed by atoms with van der Waals surface area (Å²) in [6, 6.07) is 0. The highest BCUT2D eigenvalue weighted by Gasteiger charge is 2.56. The van der Waals surface area contributed by atoms with E-state index in [1.807, 2.05) is 0 Å². The molecule has 2 fully saturated rings. The monoisotopic (exact) mass is 316 g/mol. The molecule has 4 aliphatic rings. The molecule has 0 N–H and O–H groups in total. The third-order valence-corrected chi connectivity index (χ3v) is 7.66. The van der Waals surface area contributed by atoms with Crippen LogP contribution in [0.1, 0.15) is 58.8 Å². The predicted octanol–water partition coefficient (Wildman–Crippen LogP) is 3.71. The zero-order valence-corrected chi connectivity index (χ0v) is 14.6. The van der Waals surface area contributed by atoms with Crippen molar-refractivity contribution in [2.45, 2.75) is 64.9 Å². The van der Waals surface area contributed by atoms with Gasteiger partial charge in [-0.1, -0.05) is 25.0 Å². The summed E-state index contributed by atoms with van der Waals surface area (Å²) in [5, 5.41) is 0. The number of methoxy groups -OCH3 is 1. The SMILES string of the molecule is COC1CC2=C(C(C)C1=O)[C@H]1CC[C@]3(C)C(=O)CC[C@H]3[C@@H]1CC2. The van der Waals surface area contributed by atoms with Crippen molar-refractivity contribution in [2.24, 2.45) is 29.1 Å². The van der Waals surface area contributed by atoms with Gasteiger partial charge in [0.15, 0.2) is 5.78 Å². The second-order valence-electron chi connectivity index (χ2n) is 8.44. The van der Waals surface area contributed by atoms with Crippen molar-refractivity contribution < 1.29 is 14.3 Å². The second kappa shape index (κ2) is 5.27. The summed E-state index contributed by atoms with van der Waals surface area (Å²) in [6.07, 6.45) is 6.84. The van der Waals surface area contributed by atoms with Gasteiger partial charge in [-0.05, 0) is 49.9 Å². The van der Waals surface area contributed by atoms with Crippen LogP contribution in [0, 0.1) is 29.1 Å². The molecular formula is C20H28O3. The summed E-state index contributed by atoms with van der Waals surface area (Å²) in [5.74, 6) is 2.48. The van der Waals surface area contributed by atoms with E-state index in [2.05, 4.69) is 13.8 Å². The Morgan fingerprint density at radius 1 is 1.13 bits per heavy atom. The van der Waals surface area contributed by atoms with Gasteiger partial charge in [-0.3, -0.25) is 9.59 Å². The number of carbonyl (C=O) groups excluding carboxylic acids is 2. The normalized spacial score (nSPS) is 46.5. The minimum absolute atomic E-state index is 0.0120. The molecule has 0 bridgehead atoms. The van der Waals surface area contributed by atoms with Crippen LogP contribution < -0.4 is 0 Å². The van der Waals surface area contributed by atoms with Crippen LogP contribution in [0.15, 0.2) is 11.1 Å². The summed E-state index contributed by atoms with van der Waals surface area (Å²) < 4.78 is 5.43. The van der Waals surface area contributed by atoms with E-state index < -0.39 is 0 Å². The standard InChI is InChI=1S/C20H28O3/c1-11-18-12(10-16(23-3)19(11)22)4-5-13-14(18)8-9-20(2)15(13)6-7-17(20)21/h11,13-16H,4-10H2,1-3H3/t11?,13-,14+,15+,16?,20+/m1/s1. The van der Waals surface area contributed by atoms with Gasteiger partial charge in [-0.25, -0.2) is 0 Å². The Balaban J connectivity index is 1.69. The molecule has 3 heteroatoms. The largest absolute Gasteiger partial charge is 0.373 e. The molecule has 0 amide bonds. The first-order valence-corrected chi connectivity index (χ1v) is 9.29. The van der Waals surface area contributed by atoms with Crippen molar-refractivity contribution in [3.8, 4) is 0 Å². The lowest BCUT2D eigenvalue weighted by atomic mass is 9.53. The molecule has 0 aromatic heterocycles. The van der Waals surface area contributed by atoms with Gasteiger partial charge in [-0.2, -0.15) is 0 Å². The van der Waals surface area contributed by atoms with Gasteiger partial charge in [0.1, 0.15) is 11.9 Å². The van der Waals surface area contributed by atoms with Crippen LogP contribution in [0.25, 0.3) is 0 Å². The molecule has 2 unspecified atom stereocenters. The Hall–Kier alpha value is -0.960. The Bertz CT molecular complexity index is 590. The van der Waals surface area contributed by atoms with Gasteiger partial charge < -0.3 is 4.74 Å². The van der Waals surface area contributed by atoms with Crippen molar-refractivity contribution in [3.63, 3.8) is 0 Å². The number of hydrogen-bond donors (Lipinski definition) is 0. The van der Waals surface area contributed by atoms with Crippen molar-refractivity contribution in [1.82, 2.24) is 0 Å². The fourth-order valence-electron chi connectivity index (χ4n) is 6.40. The van der Waals surface area contributed by atoms with Crippen LogP contribution in [-0.4, -0.2) is 24.8 Å². The van der Waals surface area contributed by atoms with E-state index in [9.17, 15) is 9.59 Å². The minimum Gasteiger partial charge on any atom is -0.373 e. The number of carbonyl (C=O) groups is 2. The molecule has 3 nitrogen and oxygen atoms in total. The first-order chi connectivity index (χ1) is 11.0. The molecule has 23 heavy (non-hydrogen) atoms. The third kappa shape index (κ3) is 2.05. The molecule has 0 spiro atoms. The van der Waals surface area contributed by atoms with Crippen LogP contribution in [0.5, 0.6) is 0 Å². The van der Waals surface area contributed by atoms with E-state index in [-0.39, 0.29) is 23.2 Å². The molecule has 0 saturated heterocycles. The Kier molecular flexibility index (Phi) is 3.57. The summed E-state index contributed by atoms with van der Waals surface area (Å²) >= 11 is 0. The highest BCUT2D eigenvalue weighted by molar-refractivity contribution is 5.90. The number of ether oxygens (including phenoxy) is 1. The van der Waals surface area contributed by atoms with Gasteiger partial charge in [0.25, 0.3) is 0 Å². The number of fused-ring (bicyclic) bond motifs is 4. The maximum Gasteiger partial charge on any atom is 0.168 e. The third-order valence-electron chi connectivity index (χ3n) is 7.66.